The fraction of sp³-hybridized carbons (Fsp3) is 0.304. The van der Waals surface area contributed by atoms with Gasteiger partial charge in [0, 0.05) is 42.8 Å². The first kappa shape index (κ1) is 40.3. The lowest BCUT2D eigenvalue weighted by atomic mass is 9.86. The highest BCUT2D eigenvalue weighted by molar-refractivity contribution is 5.89. The maximum absolute atomic E-state index is 13.2. The lowest BCUT2D eigenvalue weighted by Crippen LogP contribution is -2.52. The van der Waals surface area contributed by atoms with Gasteiger partial charge in [0.15, 0.2) is 0 Å². The number of pyridine rings is 1. The van der Waals surface area contributed by atoms with Crippen LogP contribution in [0.5, 0.6) is 11.5 Å². The number of phenolic OH excluding ortho intramolecular Hbond substituents is 1. The number of aromatic hydroxyl groups is 1. The summed E-state index contributed by atoms with van der Waals surface area (Å²) in [4.78, 5) is 42.7. The van der Waals surface area contributed by atoms with Crippen LogP contribution in [0.4, 0.5) is 4.79 Å². The lowest BCUT2D eigenvalue weighted by Gasteiger charge is -2.43. The van der Waals surface area contributed by atoms with Crippen LogP contribution in [-0.4, -0.2) is 80.8 Å². The number of piperidine rings is 3. The number of phenols is 1. The Bertz CT molecular complexity index is 2460. The first-order valence-corrected chi connectivity index (χ1v) is 20.2. The third-order valence-electron chi connectivity index (χ3n) is 11.2. The molecule has 3 atom stereocenters. The number of hydrogen-bond donors (Lipinski definition) is 5. The second-order valence-corrected chi connectivity index (χ2v) is 15.3. The number of nitrogens with one attached hydrogen (secondary N) is 3. The summed E-state index contributed by atoms with van der Waals surface area (Å²) in [6, 6.07) is 30.1. The summed E-state index contributed by atoms with van der Waals surface area (Å²) < 4.78 is 19.3. The van der Waals surface area contributed by atoms with Crippen LogP contribution in [-0.2, 0) is 29.2 Å². The third kappa shape index (κ3) is 9.85. The molecule has 60 heavy (non-hydrogen) atoms. The summed E-state index contributed by atoms with van der Waals surface area (Å²) in [6.07, 6.45) is 4.26. The summed E-state index contributed by atoms with van der Waals surface area (Å²) >= 11 is 0. The molecule has 14 nitrogen and oxygen atoms in total. The number of rotatable bonds is 16. The van der Waals surface area contributed by atoms with Gasteiger partial charge < -0.3 is 40.0 Å². The number of carbonyl (C=O) groups excluding carboxylic acids is 2. The van der Waals surface area contributed by atoms with Crippen molar-refractivity contribution in [3.63, 3.8) is 0 Å². The van der Waals surface area contributed by atoms with Crippen LogP contribution in [0.2, 0.25) is 0 Å². The maximum Gasteiger partial charge on any atom is 0.408 e. The van der Waals surface area contributed by atoms with Crippen LogP contribution in [0.25, 0.3) is 10.9 Å². The Balaban J connectivity index is 0.786. The minimum absolute atomic E-state index is 0.0636. The van der Waals surface area contributed by atoms with E-state index in [1.165, 1.54) is 12.1 Å². The van der Waals surface area contributed by atoms with Crippen molar-refractivity contribution in [3.05, 3.63) is 159 Å². The van der Waals surface area contributed by atoms with Gasteiger partial charge in [-0.05, 0) is 90.5 Å². The summed E-state index contributed by atoms with van der Waals surface area (Å²) in [5.41, 5.74) is 4.48. The van der Waals surface area contributed by atoms with Crippen LogP contribution in [0.1, 0.15) is 63.2 Å². The number of ether oxygens (including phenoxy) is 3. The Morgan fingerprint density at radius 2 is 1.72 bits per heavy atom. The number of benzene rings is 4. The van der Waals surface area contributed by atoms with E-state index in [4.69, 9.17) is 14.2 Å². The van der Waals surface area contributed by atoms with E-state index in [0.717, 1.165) is 54.7 Å². The fourth-order valence-corrected chi connectivity index (χ4v) is 7.97. The SMILES string of the molecule is O=C(N[C@@H](c1ccccc1)c1cccc(OCc2ccc(C(=O)OCCn3cc(CNC[C@H](O)c4ccc(O)c5[nH]c(=O)ccc45)cn3)cc2)c1)O[C@H]1CN2CCC1CC2. The number of amides is 1. The molecule has 310 valence electrons. The van der Waals surface area contributed by atoms with E-state index in [-0.39, 0.29) is 42.7 Å². The average Bonchev–Trinajstić information content (AvgIpc) is 3.73. The third-order valence-corrected chi connectivity index (χ3v) is 11.2. The van der Waals surface area contributed by atoms with E-state index in [2.05, 4.69) is 25.6 Å². The van der Waals surface area contributed by atoms with Crippen molar-refractivity contribution >= 4 is 23.0 Å². The molecule has 3 aliphatic heterocycles. The highest BCUT2D eigenvalue weighted by Crippen LogP contribution is 2.31. The zero-order valence-corrected chi connectivity index (χ0v) is 33.0. The molecule has 5 heterocycles. The molecule has 14 heteroatoms. The van der Waals surface area contributed by atoms with Gasteiger partial charge in [0.1, 0.15) is 30.8 Å². The molecule has 2 aromatic heterocycles. The molecule has 6 aromatic rings. The van der Waals surface area contributed by atoms with Gasteiger partial charge in [0.2, 0.25) is 5.56 Å². The predicted molar refractivity (Wildman–Crippen MR) is 223 cm³/mol. The van der Waals surface area contributed by atoms with Gasteiger partial charge in [-0.25, -0.2) is 9.59 Å². The van der Waals surface area contributed by atoms with E-state index in [0.29, 0.717) is 41.3 Å². The van der Waals surface area contributed by atoms with Gasteiger partial charge in [-0.2, -0.15) is 5.10 Å². The van der Waals surface area contributed by atoms with Crippen LogP contribution < -0.4 is 20.9 Å². The molecular formula is C46H48N6O8. The highest BCUT2D eigenvalue weighted by atomic mass is 16.6. The van der Waals surface area contributed by atoms with Crippen molar-refractivity contribution in [2.45, 2.75) is 50.8 Å². The number of carbonyl (C=O) groups is 2. The summed E-state index contributed by atoms with van der Waals surface area (Å²) in [6.45, 7) is 4.36. The second-order valence-electron chi connectivity index (χ2n) is 15.3. The molecule has 0 unspecified atom stereocenters. The maximum atomic E-state index is 13.2. The van der Waals surface area contributed by atoms with Crippen LogP contribution in [0.3, 0.4) is 0 Å². The van der Waals surface area contributed by atoms with E-state index in [1.54, 1.807) is 35.1 Å². The molecule has 1 amide bonds. The van der Waals surface area contributed by atoms with Gasteiger partial charge in [0.05, 0.1) is 36.0 Å². The first-order chi connectivity index (χ1) is 29.3. The predicted octanol–water partition coefficient (Wildman–Crippen LogP) is 5.60. The Kier molecular flexibility index (Phi) is 12.5. The Morgan fingerprint density at radius 1 is 0.917 bits per heavy atom. The molecule has 0 aliphatic carbocycles. The van der Waals surface area contributed by atoms with Gasteiger partial charge in [0.25, 0.3) is 0 Å². The van der Waals surface area contributed by atoms with Crippen molar-refractivity contribution in [3.8, 4) is 11.5 Å². The van der Waals surface area contributed by atoms with E-state index < -0.39 is 24.2 Å². The number of alkyl carbamates (subject to hydrolysis) is 1. The normalized spacial score (nSPS) is 18.1. The molecule has 4 aromatic carbocycles. The number of aromatic amines is 1. The molecule has 3 aliphatic rings. The number of aliphatic hydroxyl groups excluding tert-OH is 1. The van der Waals surface area contributed by atoms with Gasteiger partial charge >= 0.3 is 12.1 Å². The molecule has 2 bridgehead atoms. The molecular weight excluding hydrogens is 765 g/mol. The number of aromatic nitrogens is 3. The van der Waals surface area contributed by atoms with Crippen molar-refractivity contribution in [1.82, 2.24) is 30.3 Å². The molecule has 0 spiro atoms. The van der Waals surface area contributed by atoms with Crippen LogP contribution in [0, 0.1) is 5.92 Å². The number of fused-ring (bicyclic) bond motifs is 4. The van der Waals surface area contributed by atoms with Crippen LogP contribution in [0.15, 0.2) is 120 Å². The van der Waals surface area contributed by atoms with Crippen LogP contribution >= 0.6 is 0 Å². The number of nitrogens with zero attached hydrogens (tertiary/aromatic N) is 3. The Labute approximate surface area is 346 Å². The average molecular weight is 813 g/mol. The summed E-state index contributed by atoms with van der Waals surface area (Å²) in [5.74, 6) is 0.543. The lowest BCUT2D eigenvalue weighted by molar-refractivity contribution is -0.0336. The minimum atomic E-state index is -0.882. The summed E-state index contributed by atoms with van der Waals surface area (Å²) in [5, 5.41) is 32.2. The van der Waals surface area contributed by atoms with Crippen molar-refractivity contribution < 1.29 is 34.0 Å². The molecule has 5 N–H and O–H groups in total. The van der Waals surface area contributed by atoms with Gasteiger partial charge in [-0.1, -0.05) is 60.7 Å². The zero-order valence-electron chi connectivity index (χ0n) is 33.0. The topological polar surface area (TPSA) is 180 Å². The smallest absolute Gasteiger partial charge is 0.408 e. The van der Waals surface area contributed by atoms with E-state index >= 15 is 0 Å². The Hall–Kier alpha value is -6.48. The Morgan fingerprint density at radius 3 is 2.50 bits per heavy atom. The molecule has 3 fully saturated rings. The standard InChI is InChI=1S/C46H48N6O8/c53-39-15-13-37(38-14-16-42(55)49-44(38)39)40(54)26-47-24-31-25-48-52(27-31)21-22-58-45(56)34-11-9-30(10-12-34)29-59-36-8-4-7-35(23-36)43(33-5-2-1-3-6-33)50-46(57)60-41-28-51-19-17-32(41)18-20-51/h1-16,23,25,27,32,40-41,43,47,53-54H,17-22,24,26,28-29H2,(H,49,55)(H,50,57)/t40-,41-,43-/m0/s1. The van der Waals surface area contributed by atoms with E-state index in [1.807, 2.05) is 72.9 Å². The molecule has 0 saturated carbocycles. The first-order valence-electron chi connectivity index (χ1n) is 20.2. The quantitative estimate of drug-likeness (QED) is 0.0769. The molecule has 0 radical (unpaired) electrons. The molecule has 9 rings (SSSR count). The molecule has 3 saturated heterocycles. The fourth-order valence-electron chi connectivity index (χ4n) is 7.97. The largest absolute Gasteiger partial charge is 0.506 e. The zero-order chi connectivity index (χ0) is 41.4. The monoisotopic (exact) mass is 812 g/mol. The number of aliphatic hydroxyl groups is 1. The van der Waals surface area contributed by atoms with Gasteiger partial charge in [-0.3, -0.25) is 14.4 Å². The number of hydrogen-bond acceptors (Lipinski definition) is 11. The second kappa shape index (κ2) is 18.6. The van der Waals surface area contributed by atoms with Gasteiger partial charge in [-0.15, -0.1) is 0 Å². The highest BCUT2D eigenvalue weighted by Gasteiger charge is 2.37. The number of esters is 1. The van der Waals surface area contributed by atoms with Crippen molar-refractivity contribution in [2.75, 3.05) is 32.8 Å². The summed E-state index contributed by atoms with van der Waals surface area (Å²) in [7, 11) is 0. The van der Waals surface area contributed by atoms with E-state index in [9.17, 15) is 24.6 Å². The number of H-pyrrole nitrogens is 1. The minimum Gasteiger partial charge on any atom is -0.506 e. The van der Waals surface area contributed by atoms with Crippen molar-refractivity contribution in [1.29, 1.82) is 0 Å². The van der Waals surface area contributed by atoms with Crippen molar-refractivity contribution in [2.24, 2.45) is 5.92 Å².